The van der Waals surface area contributed by atoms with Crippen LogP contribution in [0.2, 0.25) is 0 Å². The predicted octanol–water partition coefficient (Wildman–Crippen LogP) is 1.37. The third kappa shape index (κ3) is 3.68. The summed E-state index contributed by atoms with van der Waals surface area (Å²) in [4.78, 5) is 13.1. The van der Waals surface area contributed by atoms with Gasteiger partial charge in [-0.15, -0.1) is 0 Å². The van der Waals surface area contributed by atoms with Crippen molar-refractivity contribution in [3.8, 4) is 5.75 Å². The molecule has 0 saturated carbocycles. The van der Waals surface area contributed by atoms with Crippen LogP contribution >= 0.6 is 0 Å². The van der Waals surface area contributed by atoms with E-state index in [1.165, 1.54) is 0 Å². The molecule has 1 aromatic rings. The van der Waals surface area contributed by atoms with Gasteiger partial charge in [-0.25, -0.2) is 0 Å². The number of nitrogens with zero attached hydrogens (tertiary/aromatic N) is 1. The molecule has 1 aliphatic heterocycles. The highest BCUT2D eigenvalue weighted by Gasteiger charge is 2.28. The first kappa shape index (κ1) is 13.8. The number of carboxylic acid groups (broad SMARTS) is 1. The van der Waals surface area contributed by atoms with Crippen LogP contribution < -0.4 is 4.74 Å². The monoisotopic (exact) mass is 265 g/mol. The maximum Gasteiger partial charge on any atom is 0.323 e. The zero-order chi connectivity index (χ0) is 13.7. The minimum absolute atomic E-state index is 0.256. The molecule has 0 spiro atoms. The number of hydrogen-bond donors (Lipinski definition) is 1. The molecule has 5 nitrogen and oxygen atoms in total. The lowest BCUT2D eigenvalue weighted by molar-refractivity contribution is -0.150. The minimum atomic E-state index is -0.828. The van der Waals surface area contributed by atoms with Gasteiger partial charge in [0.2, 0.25) is 0 Å². The zero-order valence-corrected chi connectivity index (χ0v) is 11.0. The Morgan fingerprint density at radius 2 is 2.21 bits per heavy atom. The highest BCUT2D eigenvalue weighted by atomic mass is 16.5. The van der Waals surface area contributed by atoms with Crippen LogP contribution in [-0.4, -0.2) is 48.4 Å². The summed E-state index contributed by atoms with van der Waals surface area (Å²) in [6.07, 6.45) is 0. The molecule has 1 aliphatic rings. The van der Waals surface area contributed by atoms with Crippen LogP contribution in [0.3, 0.4) is 0 Å². The lowest BCUT2D eigenvalue weighted by atomic mass is 10.1. The van der Waals surface area contributed by atoms with E-state index < -0.39 is 12.0 Å². The molecule has 2 rings (SSSR count). The summed E-state index contributed by atoms with van der Waals surface area (Å²) in [7, 11) is 0. The number of rotatable bonds is 5. The molecule has 0 radical (unpaired) electrons. The second-order valence-electron chi connectivity index (χ2n) is 4.48. The highest BCUT2D eigenvalue weighted by molar-refractivity contribution is 5.73. The number of carboxylic acids is 1. The maximum absolute atomic E-state index is 11.2. The van der Waals surface area contributed by atoms with Gasteiger partial charge in [0.25, 0.3) is 0 Å². The first-order valence-electron chi connectivity index (χ1n) is 6.47. The van der Waals surface area contributed by atoms with E-state index in [9.17, 15) is 4.79 Å². The van der Waals surface area contributed by atoms with Gasteiger partial charge in [-0.1, -0.05) is 12.1 Å². The van der Waals surface area contributed by atoms with Crippen LogP contribution in [0.1, 0.15) is 12.5 Å². The van der Waals surface area contributed by atoms with E-state index >= 15 is 0 Å². The summed E-state index contributed by atoms with van der Waals surface area (Å²) in [5.74, 6) is 0.00801. The molecule has 1 atom stereocenters. The second kappa shape index (κ2) is 6.54. The number of hydrogen-bond acceptors (Lipinski definition) is 4. The Balaban J connectivity index is 2.00. The van der Waals surface area contributed by atoms with Crippen molar-refractivity contribution < 1.29 is 19.4 Å². The van der Waals surface area contributed by atoms with Crippen LogP contribution in [0.15, 0.2) is 24.3 Å². The summed E-state index contributed by atoms with van der Waals surface area (Å²) in [5.41, 5.74) is 1.08. The number of carbonyl (C=O) groups is 1. The molecular formula is C14H19NO4. The summed E-state index contributed by atoms with van der Waals surface area (Å²) >= 11 is 0. The van der Waals surface area contributed by atoms with Crippen molar-refractivity contribution in [3.63, 3.8) is 0 Å². The van der Waals surface area contributed by atoms with Crippen LogP contribution in [0.5, 0.6) is 5.75 Å². The third-order valence-electron chi connectivity index (χ3n) is 3.14. The Bertz CT molecular complexity index is 418. The van der Waals surface area contributed by atoms with E-state index in [-0.39, 0.29) is 6.61 Å². The molecule has 19 heavy (non-hydrogen) atoms. The number of ether oxygens (including phenoxy) is 2. The highest BCUT2D eigenvalue weighted by Crippen LogP contribution is 2.16. The Labute approximate surface area is 112 Å². The lowest BCUT2D eigenvalue weighted by Crippen LogP contribution is -2.49. The topological polar surface area (TPSA) is 59.0 Å². The second-order valence-corrected chi connectivity index (χ2v) is 4.48. The Morgan fingerprint density at radius 1 is 1.47 bits per heavy atom. The van der Waals surface area contributed by atoms with Gasteiger partial charge >= 0.3 is 5.97 Å². The SMILES string of the molecule is CCOc1ccc(CN2CCOCC2C(=O)O)cc1. The molecule has 1 saturated heterocycles. The van der Waals surface area contributed by atoms with Gasteiger partial charge < -0.3 is 14.6 Å². The Hall–Kier alpha value is -1.59. The fourth-order valence-electron chi connectivity index (χ4n) is 2.15. The number of benzene rings is 1. The van der Waals surface area contributed by atoms with Gasteiger partial charge in [0, 0.05) is 13.1 Å². The van der Waals surface area contributed by atoms with E-state index in [1.54, 1.807) is 0 Å². The van der Waals surface area contributed by atoms with E-state index in [4.69, 9.17) is 14.6 Å². The van der Waals surface area contributed by atoms with Gasteiger partial charge in [0.05, 0.1) is 19.8 Å². The standard InChI is InChI=1S/C14H19NO4/c1-2-19-12-5-3-11(4-6-12)9-15-7-8-18-10-13(15)14(16)17/h3-6,13H,2,7-10H2,1H3,(H,16,17). The maximum atomic E-state index is 11.2. The van der Waals surface area contributed by atoms with Gasteiger partial charge in [0.15, 0.2) is 0 Å². The quantitative estimate of drug-likeness (QED) is 0.871. The lowest BCUT2D eigenvalue weighted by Gasteiger charge is -2.32. The summed E-state index contributed by atoms with van der Waals surface area (Å²) in [6.45, 7) is 4.69. The van der Waals surface area contributed by atoms with Crippen LogP contribution in [-0.2, 0) is 16.1 Å². The van der Waals surface area contributed by atoms with E-state index in [0.29, 0.717) is 26.3 Å². The molecule has 1 unspecified atom stereocenters. The summed E-state index contributed by atoms with van der Waals surface area (Å²) < 4.78 is 10.6. The predicted molar refractivity (Wildman–Crippen MR) is 70.3 cm³/mol. The molecule has 0 aromatic heterocycles. The molecule has 0 bridgehead atoms. The molecule has 1 fully saturated rings. The van der Waals surface area contributed by atoms with Crippen LogP contribution in [0.4, 0.5) is 0 Å². The molecular weight excluding hydrogens is 246 g/mol. The van der Waals surface area contributed by atoms with Crippen molar-refractivity contribution in [2.75, 3.05) is 26.4 Å². The van der Waals surface area contributed by atoms with Crippen LogP contribution in [0, 0.1) is 0 Å². The summed E-state index contributed by atoms with van der Waals surface area (Å²) in [6, 6.07) is 7.21. The third-order valence-corrected chi connectivity index (χ3v) is 3.14. The fraction of sp³-hybridized carbons (Fsp3) is 0.500. The van der Waals surface area contributed by atoms with Crippen molar-refractivity contribution in [3.05, 3.63) is 29.8 Å². The summed E-state index contributed by atoms with van der Waals surface area (Å²) in [5, 5.41) is 9.16. The Morgan fingerprint density at radius 3 is 2.84 bits per heavy atom. The van der Waals surface area contributed by atoms with Gasteiger partial charge in [0.1, 0.15) is 11.8 Å². The minimum Gasteiger partial charge on any atom is -0.494 e. The largest absolute Gasteiger partial charge is 0.494 e. The first-order chi connectivity index (χ1) is 9.20. The van der Waals surface area contributed by atoms with Crippen molar-refractivity contribution in [1.82, 2.24) is 4.90 Å². The average molecular weight is 265 g/mol. The molecule has 1 aromatic carbocycles. The molecule has 1 heterocycles. The molecule has 0 amide bonds. The van der Waals surface area contributed by atoms with Gasteiger partial charge in [-0.2, -0.15) is 0 Å². The van der Waals surface area contributed by atoms with Crippen molar-refractivity contribution >= 4 is 5.97 Å². The van der Waals surface area contributed by atoms with Gasteiger partial charge in [-0.3, -0.25) is 9.69 Å². The van der Waals surface area contributed by atoms with Gasteiger partial charge in [-0.05, 0) is 24.6 Å². The molecule has 5 heteroatoms. The normalized spacial score (nSPS) is 20.2. The van der Waals surface area contributed by atoms with E-state index in [0.717, 1.165) is 11.3 Å². The molecule has 104 valence electrons. The number of aliphatic carboxylic acids is 1. The number of morpholine rings is 1. The van der Waals surface area contributed by atoms with Crippen molar-refractivity contribution in [2.24, 2.45) is 0 Å². The van der Waals surface area contributed by atoms with Crippen molar-refractivity contribution in [2.45, 2.75) is 19.5 Å². The van der Waals surface area contributed by atoms with Crippen molar-refractivity contribution in [1.29, 1.82) is 0 Å². The molecule has 0 aliphatic carbocycles. The smallest absolute Gasteiger partial charge is 0.323 e. The fourth-order valence-corrected chi connectivity index (χ4v) is 2.15. The molecule has 1 N–H and O–H groups in total. The average Bonchev–Trinajstić information content (AvgIpc) is 2.42. The van der Waals surface area contributed by atoms with Crippen LogP contribution in [0.25, 0.3) is 0 Å². The first-order valence-corrected chi connectivity index (χ1v) is 6.47. The van der Waals surface area contributed by atoms with E-state index in [1.807, 2.05) is 36.1 Å². The van der Waals surface area contributed by atoms with E-state index in [2.05, 4.69) is 0 Å². The Kier molecular flexibility index (Phi) is 4.76. The zero-order valence-electron chi connectivity index (χ0n) is 11.0.